The fraction of sp³-hybridized carbons (Fsp3) is 0.312. The summed E-state index contributed by atoms with van der Waals surface area (Å²) in [6.07, 6.45) is 4.31. The summed E-state index contributed by atoms with van der Waals surface area (Å²) in [6, 6.07) is 19.9. The smallest absolute Gasteiger partial charge is 0.246 e. The second-order valence-electron chi connectivity index (χ2n) is 10.7. The van der Waals surface area contributed by atoms with Crippen molar-refractivity contribution in [1.29, 1.82) is 0 Å². The van der Waals surface area contributed by atoms with Crippen LogP contribution in [0.2, 0.25) is 0 Å². The Labute approximate surface area is 232 Å². The van der Waals surface area contributed by atoms with Crippen LogP contribution in [0.5, 0.6) is 5.75 Å². The van der Waals surface area contributed by atoms with Crippen molar-refractivity contribution in [2.24, 2.45) is 0 Å². The monoisotopic (exact) mass is 539 g/mol. The topological polar surface area (TPSA) is 81.7 Å². The van der Waals surface area contributed by atoms with E-state index >= 15 is 0 Å². The van der Waals surface area contributed by atoms with Crippen molar-refractivity contribution >= 4 is 38.9 Å². The van der Waals surface area contributed by atoms with Gasteiger partial charge in [-0.15, -0.1) is 11.3 Å². The molecule has 2 saturated heterocycles. The zero-order chi connectivity index (χ0) is 26.9. The maximum atomic E-state index is 12.5. The van der Waals surface area contributed by atoms with Crippen molar-refractivity contribution in [2.45, 2.75) is 51.6 Å². The number of phenols is 1. The van der Waals surface area contributed by atoms with Gasteiger partial charge in [-0.25, -0.2) is 0 Å². The number of phenolic OH excluding ortho intramolecular Hbond substituents is 1. The second-order valence-corrected chi connectivity index (χ2v) is 11.8. The molecular weight excluding hydrogens is 506 g/mol. The molecule has 1 aromatic heterocycles. The predicted octanol–water partition coefficient (Wildman–Crippen LogP) is 5.99. The Morgan fingerprint density at radius 3 is 2.59 bits per heavy atom. The molecule has 2 amide bonds. The van der Waals surface area contributed by atoms with Crippen LogP contribution in [0, 0.1) is 6.92 Å². The summed E-state index contributed by atoms with van der Waals surface area (Å²) < 4.78 is 1.05. The van der Waals surface area contributed by atoms with Gasteiger partial charge in [0.1, 0.15) is 11.8 Å². The van der Waals surface area contributed by atoms with Gasteiger partial charge in [-0.3, -0.25) is 14.5 Å². The van der Waals surface area contributed by atoms with Crippen molar-refractivity contribution in [2.75, 3.05) is 18.4 Å². The minimum Gasteiger partial charge on any atom is -0.508 e. The fourth-order valence-electron chi connectivity index (χ4n) is 5.72. The van der Waals surface area contributed by atoms with Gasteiger partial charge < -0.3 is 15.7 Å². The number of anilines is 1. The first-order chi connectivity index (χ1) is 18.9. The molecule has 200 valence electrons. The number of hydrogen-bond donors (Lipinski definition) is 3. The minimum absolute atomic E-state index is 0.0785. The average Bonchev–Trinajstić information content (AvgIpc) is 3.67. The van der Waals surface area contributed by atoms with Crippen LogP contribution < -0.4 is 10.6 Å². The van der Waals surface area contributed by atoms with Crippen molar-refractivity contribution in [1.82, 2.24) is 10.2 Å². The zero-order valence-electron chi connectivity index (χ0n) is 22.1. The van der Waals surface area contributed by atoms with Crippen LogP contribution in [-0.4, -0.2) is 41.0 Å². The number of carbonyl (C=O) groups is 2. The molecule has 1 atom stereocenters. The van der Waals surface area contributed by atoms with Gasteiger partial charge in [0.2, 0.25) is 11.8 Å². The van der Waals surface area contributed by atoms with E-state index in [4.69, 9.17) is 0 Å². The molecule has 6 rings (SSSR count). The van der Waals surface area contributed by atoms with Gasteiger partial charge in [0, 0.05) is 28.2 Å². The first-order valence-corrected chi connectivity index (χ1v) is 14.5. The summed E-state index contributed by atoms with van der Waals surface area (Å²) in [5, 5.41) is 16.9. The quantitative estimate of drug-likeness (QED) is 0.270. The molecule has 2 aliphatic heterocycles. The number of aryl methyl sites for hydroxylation is 1. The Morgan fingerprint density at radius 2 is 1.87 bits per heavy atom. The van der Waals surface area contributed by atoms with E-state index in [1.165, 1.54) is 48.2 Å². The second kappa shape index (κ2) is 10.8. The predicted molar refractivity (Wildman–Crippen MR) is 157 cm³/mol. The zero-order valence-corrected chi connectivity index (χ0v) is 22.9. The van der Waals surface area contributed by atoms with Crippen LogP contribution >= 0.6 is 11.3 Å². The maximum Gasteiger partial charge on any atom is 0.246 e. The van der Waals surface area contributed by atoms with Crippen LogP contribution in [-0.2, 0) is 22.6 Å². The Kier molecular flexibility index (Phi) is 7.11. The molecule has 0 saturated carbocycles. The van der Waals surface area contributed by atoms with Gasteiger partial charge in [-0.2, -0.15) is 0 Å². The summed E-state index contributed by atoms with van der Waals surface area (Å²) in [5.41, 5.74) is 7.02. The SMILES string of the molecule is Cc1cc(Cc2c(-c3ccc(NC(=O)[C@H]4CCC(=O)N4)cc3)sc3cc(O)ccc23)ccc1CN1CCCC1. The normalized spacial score (nSPS) is 17.6. The van der Waals surface area contributed by atoms with E-state index in [9.17, 15) is 14.7 Å². The standard InChI is InChI=1S/C32H33N3O3S/c1-20-16-21(4-5-23(20)19-35-14-2-3-15-35)17-27-26-11-10-25(36)18-29(26)39-31(27)22-6-8-24(9-7-22)33-32(38)28-12-13-30(37)34-28/h4-11,16,18,28,36H,2-3,12-15,17,19H2,1H3,(H,33,38)(H,34,37)/t28-/m1/s1. The molecule has 0 aliphatic carbocycles. The molecule has 3 aromatic carbocycles. The number of amides is 2. The van der Waals surface area contributed by atoms with E-state index in [1.54, 1.807) is 17.4 Å². The summed E-state index contributed by atoms with van der Waals surface area (Å²) in [6.45, 7) is 5.62. The molecule has 0 bridgehead atoms. The largest absolute Gasteiger partial charge is 0.508 e. The summed E-state index contributed by atoms with van der Waals surface area (Å²) in [5.74, 6) is 0.00134. The molecule has 0 spiro atoms. The van der Waals surface area contributed by atoms with Crippen LogP contribution in [0.3, 0.4) is 0 Å². The minimum atomic E-state index is -0.468. The van der Waals surface area contributed by atoms with E-state index in [0.29, 0.717) is 18.5 Å². The molecule has 7 heteroatoms. The van der Waals surface area contributed by atoms with Crippen molar-refractivity contribution in [3.63, 3.8) is 0 Å². The van der Waals surface area contributed by atoms with E-state index in [1.807, 2.05) is 36.4 Å². The number of benzene rings is 3. The first kappa shape index (κ1) is 25.6. The lowest BCUT2D eigenvalue weighted by atomic mass is 9.96. The Bertz CT molecular complexity index is 1540. The van der Waals surface area contributed by atoms with Gasteiger partial charge >= 0.3 is 0 Å². The first-order valence-electron chi connectivity index (χ1n) is 13.7. The summed E-state index contributed by atoms with van der Waals surface area (Å²) in [4.78, 5) is 27.7. The molecule has 0 unspecified atom stereocenters. The third-order valence-corrected chi connectivity index (χ3v) is 9.13. The van der Waals surface area contributed by atoms with Crippen molar-refractivity contribution < 1.29 is 14.7 Å². The molecule has 3 N–H and O–H groups in total. The number of nitrogens with zero attached hydrogens (tertiary/aromatic N) is 1. The number of likely N-dealkylation sites (tertiary alicyclic amines) is 1. The van der Waals surface area contributed by atoms with E-state index in [-0.39, 0.29) is 17.6 Å². The van der Waals surface area contributed by atoms with E-state index in [0.717, 1.165) is 33.5 Å². The van der Waals surface area contributed by atoms with Crippen molar-refractivity contribution in [3.8, 4) is 16.2 Å². The van der Waals surface area contributed by atoms with Gasteiger partial charge in [-0.1, -0.05) is 30.3 Å². The lowest BCUT2D eigenvalue weighted by Gasteiger charge is -2.17. The highest BCUT2D eigenvalue weighted by Crippen LogP contribution is 2.41. The molecule has 0 radical (unpaired) electrons. The van der Waals surface area contributed by atoms with Crippen LogP contribution in [0.4, 0.5) is 5.69 Å². The number of rotatable bonds is 7. The third-order valence-electron chi connectivity index (χ3n) is 7.88. The Morgan fingerprint density at radius 1 is 1.08 bits per heavy atom. The van der Waals surface area contributed by atoms with Gasteiger partial charge in [0.05, 0.1) is 0 Å². The maximum absolute atomic E-state index is 12.5. The number of aromatic hydroxyl groups is 1. The highest BCUT2D eigenvalue weighted by Gasteiger charge is 2.27. The molecule has 3 heterocycles. The molecule has 39 heavy (non-hydrogen) atoms. The van der Waals surface area contributed by atoms with Crippen LogP contribution in [0.25, 0.3) is 20.5 Å². The van der Waals surface area contributed by atoms with Crippen LogP contribution in [0.15, 0.2) is 60.7 Å². The van der Waals surface area contributed by atoms with Crippen LogP contribution in [0.1, 0.15) is 47.9 Å². The van der Waals surface area contributed by atoms with Gasteiger partial charge in [0.25, 0.3) is 0 Å². The third kappa shape index (κ3) is 5.56. The molecule has 2 fully saturated rings. The van der Waals surface area contributed by atoms with Gasteiger partial charge in [-0.05, 0) is 109 Å². The Hall–Kier alpha value is -3.68. The summed E-state index contributed by atoms with van der Waals surface area (Å²) >= 11 is 1.68. The highest BCUT2D eigenvalue weighted by molar-refractivity contribution is 7.22. The average molecular weight is 540 g/mol. The van der Waals surface area contributed by atoms with Gasteiger partial charge in [0.15, 0.2) is 0 Å². The van der Waals surface area contributed by atoms with Crippen molar-refractivity contribution in [3.05, 3.63) is 82.9 Å². The molecule has 2 aliphatic rings. The fourth-order valence-corrected chi connectivity index (χ4v) is 6.98. The highest BCUT2D eigenvalue weighted by atomic mass is 32.1. The number of nitrogens with one attached hydrogen (secondary N) is 2. The molecule has 6 nitrogen and oxygen atoms in total. The Balaban J connectivity index is 1.26. The summed E-state index contributed by atoms with van der Waals surface area (Å²) in [7, 11) is 0. The lowest BCUT2D eigenvalue weighted by molar-refractivity contribution is -0.122. The molecular formula is C32H33N3O3S. The number of thiophene rings is 1. The lowest BCUT2D eigenvalue weighted by Crippen LogP contribution is -2.37. The number of carbonyl (C=O) groups excluding carboxylic acids is 2. The van der Waals surface area contributed by atoms with E-state index < -0.39 is 6.04 Å². The number of hydrogen-bond acceptors (Lipinski definition) is 5. The number of fused-ring (bicyclic) bond motifs is 1. The van der Waals surface area contributed by atoms with E-state index in [2.05, 4.69) is 40.7 Å². The molecule has 4 aromatic rings.